The molecule has 2 aromatic carbocycles. The molecule has 1 N–H and O–H groups in total. The summed E-state index contributed by atoms with van der Waals surface area (Å²) in [5, 5.41) is 0.703. The normalized spacial score (nSPS) is 19.9. The molecule has 25 heavy (non-hydrogen) atoms. The van der Waals surface area contributed by atoms with Gasteiger partial charge in [-0.2, -0.15) is 0 Å². The first-order valence-electron chi connectivity index (χ1n) is 8.92. The molecule has 0 aromatic heterocycles. The fraction of sp³-hybridized carbons (Fsp3) is 0.381. The minimum Gasteiger partial charge on any atom is -1.00 e. The van der Waals surface area contributed by atoms with E-state index in [9.17, 15) is 0 Å². The number of hydrogen-bond donors (Lipinski definition) is 1. The molecule has 0 amide bonds. The summed E-state index contributed by atoms with van der Waals surface area (Å²) in [5.41, 5.74) is 2.40. The van der Waals surface area contributed by atoms with Gasteiger partial charge in [-0.05, 0) is 36.7 Å². The first-order chi connectivity index (χ1) is 11.8. The Hall–Kier alpha value is -1.42. The van der Waals surface area contributed by atoms with Crippen molar-refractivity contribution >= 4 is 17.3 Å². The van der Waals surface area contributed by atoms with E-state index < -0.39 is 0 Å². The molecule has 2 atom stereocenters. The number of piperidine rings is 1. The predicted molar refractivity (Wildman–Crippen MR) is 103 cm³/mol. The van der Waals surface area contributed by atoms with Gasteiger partial charge in [0.15, 0.2) is 5.05 Å². The molecular weight excluding hydrogens is 350 g/mol. The third-order valence-electron chi connectivity index (χ3n) is 4.86. The van der Waals surface area contributed by atoms with Gasteiger partial charge in [-0.15, -0.1) is 0 Å². The molecule has 0 radical (unpaired) electrons. The van der Waals surface area contributed by atoms with E-state index in [1.54, 1.807) is 4.90 Å². The topological polar surface area (TPSA) is 13.7 Å². The van der Waals surface area contributed by atoms with Gasteiger partial charge in [0.1, 0.15) is 12.6 Å². The Kier molecular flexibility index (Phi) is 7.89. The summed E-state index contributed by atoms with van der Waals surface area (Å²) in [6, 6.07) is 20.9. The van der Waals surface area contributed by atoms with E-state index in [0.717, 1.165) is 19.5 Å². The van der Waals surface area contributed by atoms with Gasteiger partial charge in [0.2, 0.25) is 0 Å². The van der Waals surface area contributed by atoms with Crippen LogP contribution in [0.3, 0.4) is 0 Å². The number of likely N-dealkylation sites (N-methyl/N-ethyl adjacent to an activating group) is 1. The van der Waals surface area contributed by atoms with Crippen LogP contribution in [0.5, 0.6) is 0 Å². The summed E-state index contributed by atoms with van der Waals surface area (Å²) in [5.74, 6) is 0.0226. The SMILES string of the molecule is CC[NH+]1CCCC(OC(=S)C(c2ccccc2)c2ccccc2)C1.[Cl-]. The Morgan fingerprint density at radius 3 is 2.16 bits per heavy atom. The number of benzene rings is 2. The maximum Gasteiger partial charge on any atom is 0.172 e. The van der Waals surface area contributed by atoms with E-state index >= 15 is 0 Å². The van der Waals surface area contributed by atoms with Crippen LogP contribution in [-0.4, -0.2) is 30.8 Å². The van der Waals surface area contributed by atoms with Crippen LogP contribution >= 0.6 is 12.2 Å². The average Bonchev–Trinajstić information content (AvgIpc) is 2.64. The van der Waals surface area contributed by atoms with Crippen molar-refractivity contribution in [3.8, 4) is 0 Å². The number of nitrogens with one attached hydrogen (secondary N) is 1. The number of likely N-dealkylation sites (tertiary alicyclic amines) is 1. The molecule has 0 bridgehead atoms. The summed E-state index contributed by atoms with van der Waals surface area (Å²) < 4.78 is 6.30. The molecule has 1 aliphatic heterocycles. The molecule has 1 heterocycles. The second kappa shape index (κ2) is 9.91. The van der Waals surface area contributed by atoms with Gasteiger partial charge >= 0.3 is 0 Å². The predicted octanol–water partition coefficient (Wildman–Crippen LogP) is 0.234. The highest BCUT2D eigenvalue weighted by atomic mass is 35.5. The van der Waals surface area contributed by atoms with E-state index in [2.05, 4.69) is 55.5 Å². The van der Waals surface area contributed by atoms with Crippen LogP contribution in [0.1, 0.15) is 36.8 Å². The Morgan fingerprint density at radius 2 is 1.64 bits per heavy atom. The zero-order valence-electron chi connectivity index (χ0n) is 14.7. The highest BCUT2D eigenvalue weighted by molar-refractivity contribution is 7.80. The Bertz CT molecular complexity index is 610. The van der Waals surface area contributed by atoms with Crippen LogP contribution in [0.4, 0.5) is 0 Å². The van der Waals surface area contributed by atoms with Gasteiger partial charge < -0.3 is 22.0 Å². The van der Waals surface area contributed by atoms with Crippen LogP contribution in [0.15, 0.2) is 60.7 Å². The summed E-state index contributed by atoms with van der Waals surface area (Å²) in [6.45, 7) is 5.72. The lowest BCUT2D eigenvalue weighted by molar-refractivity contribution is -0.906. The van der Waals surface area contributed by atoms with Crippen molar-refractivity contribution in [3.05, 3.63) is 71.8 Å². The molecule has 4 heteroatoms. The fourth-order valence-corrected chi connectivity index (χ4v) is 3.92. The number of rotatable bonds is 5. The first kappa shape index (κ1) is 19.9. The van der Waals surface area contributed by atoms with Crippen molar-refractivity contribution in [2.24, 2.45) is 0 Å². The second-order valence-electron chi connectivity index (χ2n) is 6.51. The lowest BCUT2D eigenvalue weighted by Crippen LogP contribution is -3.13. The van der Waals surface area contributed by atoms with E-state index in [4.69, 9.17) is 17.0 Å². The largest absolute Gasteiger partial charge is 1.00 e. The molecule has 1 fully saturated rings. The molecule has 1 aliphatic rings. The first-order valence-corrected chi connectivity index (χ1v) is 9.32. The van der Waals surface area contributed by atoms with Crippen LogP contribution < -0.4 is 17.3 Å². The van der Waals surface area contributed by atoms with E-state index in [0.29, 0.717) is 5.05 Å². The number of halogens is 1. The smallest absolute Gasteiger partial charge is 0.172 e. The Labute approximate surface area is 162 Å². The average molecular weight is 376 g/mol. The summed E-state index contributed by atoms with van der Waals surface area (Å²) >= 11 is 5.76. The molecule has 3 rings (SSSR count). The van der Waals surface area contributed by atoms with Crippen LogP contribution in [0.25, 0.3) is 0 Å². The van der Waals surface area contributed by atoms with Gasteiger partial charge in [0.05, 0.1) is 19.0 Å². The molecule has 0 saturated carbocycles. The molecule has 2 nitrogen and oxygen atoms in total. The number of hydrogen-bond acceptors (Lipinski definition) is 2. The lowest BCUT2D eigenvalue weighted by Gasteiger charge is -2.31. The van der Waals surface area contributed by atoms with Crippen LogP contribution in [-0.2, 0) is 4.74 Å². The monoisotopic (exact) mass is 375 g/mol. The number of ether oxygens (including phenoxy) is 1. The maximum atomic E-state index is 6.30. The molecule has 0 aliphatic carbocycles. The number of quaternary nitrogens is 1. The van der Waals surface area contributed by atoms with Crippen molar-refractivity contribution in [2.75, 3.05) is 19.6 Å². The van der Waals surface area contributed by atoms with Crippen LogP contribution in [0.2, 0.25) is 0 Å². The van der Waals surface area contributed by atoms with Crippen molar-refractivity contribution in [1.82, 2.24) is 0 Å². The van der Waals surface area contributed by atoms with Crippen molar-refractivity contribution in [3.63, 3.8) is 0 Å². The third-order valence-corrected chi connectivity index (χ3v) is 5.19. The molecule has 2 unspecified atom stereocenters. The Morgan fingerprint density at radius 1 is 1.08 bits per heavy atom. The van der Waals surface area contributed by atoms with Gasteiger partial charge in [-0.25, -0.2) is 0 Å². The van der Waals surface area contributed by atoms with Crippen molar-refractivity contribution in [2.45, 2.75) is 31.8 Å². The molecule has 134 valence electrons. The molecular formula is C21H26ClNOS. The summed E-state index contributed by atoms with van der Waals surface area (Å²) in [6.07, 6.45) is 2.58. The van der Waals surface area contributed by atoms with Crippen molar-refractivity contribution < 1.29 is 22.0 Å². The van der Waals surface area contributed by atoms with E-state index in [1.807, 2.05) is 12.1 Å². The molecule has 0 spiro atoms. The van der Waals surface area contributed by atoms with Crippen molar-refractivity contribution in [1.29, 1.82) is 0 Å². The van der Waals surface area contributed by atoms with Gasteiger partial charge in [-0.1, -0.05) is 60.7 Å². The Balaban J connectivity index is 0.00000225. The zero-order valence-corrected chi connectivity index (χ0v) is 16.2. The highest BCUT2D eigenvalue weighted by Crippen LogP contribution is 2.27. The van der Waals surface area contributed by atoms with Gasteiger partial charge in [0.25, 0.3) is 0 Å². The molecule has 2 aromatic rings. The quantitative estimate of drug-likeness (QED) is 0.752. The summed E-state index contributed by atoms with van der Waals surface area (Å²) in [7, 11) is 0. The fourth-order valence-electron chi connectivity index (χ4n) is 3.52. The summed E-state index contributed by atoms with van der Waals surface area (Å²) in [4.78, 5) is 1.62. The molecule has 1 saturated heterocycles. The zero-order chi connectivity index (χ0) is 16.8. The van der Waals surface area contributed by atoms with Gasteiger partial charge in [0, 0.05) is 6.42 Å². The number of thiocarbonyl (C=S) groups is 1. The van der Waals surface area contributed by atoms with Crippen LogP contribution in [0, 0.1) is 0 Å². The minimum absolute atomic E-state index is 0. The van der Waals surface area contributed by atoms with E-state index in [-0.39, 0.29) is 24.4 Å². The van der Waals surface area contributed by atoms with Gasteiger partial charge in [-0.3, -0.25) is 0 Å². The maximum absolute atomic E-state index is 6.30. The third kappa shape index (κ3) is 5.27. The highest BCUT2D eigenvalue weighted by Gasteiger charge is 2.28. The lowest BCUT2D eigenvalue weighted by atomic mass is 9.92. The standard InChI is InChI=1S/C21H25NOS.ClH/c1-2-22-15-9-14-19(16-22)23-21(24)20(17-10-5-3-6-11-17)18-12-7-4-8-13-18;/h3-8,10-13,19-20H,2,9,14-16H2,1H3;1H. The second-order valence-corrected chi connectivity index (χ2v) is 6.92. The minimum atomic E-state index is 0. The van der Waals surface area contributed by atoms with E-state index in [1.165, 1.54) is 24.1 Å².